The topological polar surface area (TPSA) is 59.6 Å². The van der Waals surface area contributed by atoms with Gasteiger partial charge in [0.2, 0.25) is 0 Å². The Balaban J connectivity index is 2.36. The molecule has 0 spiro atoms. The van der Waals surface area contributed by atoms with Gasteiger partial charge in [0.25, 0.3) is 0 Å². The molecule has 4 nitrogen and oxygen atoms in total. The lowest BCUT2D eigenvalue weighted by atomic mass is 10.1. The van der Waals surface area contributed by atoms with E-state index in [0.29, 0.717) is 12.6 Å². The van der Waals surface area contributed by atoms with Gasteiger partial charge in [0.05, 0.1) is 6.04 Å². The van der Waals surface area contributed by atoms with Crippen molar-refractivity contribution in [3.05, 3.63) is 0 Å². The van der Waals surface area contributed by atoms with Gasteiger partial charge in [-0.2, -0.15) is 0 Å². The van der Waals surface area contributed by atoms with Crippen molar-refractivity contribution in [1.29, 1.82) is 0 Å². The Morgan fingerprint density at radius 3 is 2.56 bits per heavy atom. The summed E-state index contributed by atoms with van der Waals surface area (Å²) in [6.45, 7) is 3.38. The van der Waals surface area contributed by atoms with Gasteiger partial charge in [-0.25, -0.2) is 5.84 Å². The van der Waals surface area contributed by atoms with Gasteiger partial charge in [-0.05, 0) is 19.3 Å². The van der Waals surface area contributed by atoms with Crippen LogP contribution in [0.5, 0.6) is 0 Å². The maximum absolute atomic E-state index is 5.45. The fourth-order valence-electron chi connectivity index (χ4n) is 2.04. The third-order valence-electron chi connectivity index (χ3n) is 2.92. The largest absolute Gasteiger partial charge is 0.374 e. The summed E-state index contributed by atoms with van der Waals surface area (Å²) in [6, 6.07) is 0.443. The van der Waals surface area contributed by atoms with Crippen LogP contribution in [0.15, 0.2) is 4.99 Å². The minimum atomic E-state index is 0.443. The van der Waals surface area contributed by atoms with Crippen LogP contribution in [0.3, 0.4) is 0 Å². The van der Waals surface area contributed by atoms with Gasteiger partial charge in [-0.15, -0.1) is 0 Å². The summed E-state index contributed by atoms with van der Waals surface area (Å²) >= 11 is 0. The number of ether oxygens (including phenoxy) is 1. The van der Waals surface area contributed by atoms with E-state index in [2.05, 4.69) is 17.3 Å². The second kappa shape index (κ2) is 8.53. The number of hydrogen-bond donors (Lipinski definition) is 2. The molecule has 0 bridgehead atoms. The third kappa shape index (κ3) is 5.47. The van der Waals surface area contributed by atoms with Crippen molar-refractivity contribution in [2.45, 2.75) is 57.9 Å². The normalized spacial score (nSPS) is 19.5. The van der Waals surface area contributed by atoms with E-state index in [1.807, 2.05) is 0 Å². The van der Waals surface area contributed by atoms with Gasteiger partial charge in [0.15, 0.2) is 0 Å². The molecule has 1 fully saturated rings. The zero-order valence-corrected chi connectivity index (χ0v) is 10.4. The van der Waals surface area contributed by atoms with Crippen molar-refractivity contribution < 1.29 is 4.74 Å². The van der Waals surface area contributed by atoms with Crippen molar-refractivity contribution in [3.63, 3.8) is 0 Å². The van der Waals surface area contributed by atoms with E-state index in [1.165, 1.54) is 38.5 Å². The molecule has 16 heavy (non-hydrogen) atoms. The summed E-state index contributed by atoms with van der Waals surface area (Å²) < 4.78 is 5.44. The molecule has 1 rings (SSSR count). The van der Waals surface area contributed by atoms with Crippen LogP contribution in [0.2, 0.25) is 0 Å². The van der Waals surface area contributed by atoms with Gasteiger partial charge >= 0.3 is 0 Å². The molecule has 0 amide bonds. The van der Waals surface area contributed by atoms with Crippen molar-refractivity contribution in [2.24, 2.45) is 10.8 Å². The van der Waals surface area contributed by atoms with Gasteiger partial charge < -0.3 is 10.2 Å². The molecular weight excluding hydrogens is 202 g/mol. The molecule has 0 aromatic carbocycles. The average molecular weight is 227 g/mol. The second-order valence-electron chi connectivity index (χ2n) is 4.42. The van der Waals surface area contributed by atoms with Crippen LogP contribution in [0.4, 0.5) is 0 Å². The molecule has 1 aliphatic rings. The summed E-state index contributed by atoms with van der Waals surface area (Å²) in [5, 5.41) is 0. The van der Waals surface area contributed by atoms with E-state index in [1.54, 1.807) is 0 Å². The predicted molar refractivity (Wildman–Crippen MR) is 67.4 cm³/mol. The van der Waals surface area contributed by atoms with E-state index >= 15 is 0 Å². The Morgan fingerprint density at radius 2 is 2.00 bits per heavy atom. The first-order valence-electron chi connectivity index (χ1n) is 6.47. The first-order valence-corrected chi connectivity index (χ1v) is 6.47. The Kier molecular flexibility index (Phi) is 7.17. The summed E-state index contributed by atoms with van der Waals surface area (Å²) in [6.07, 6.45) is 8.70. The van der Waals surface area contributed by atoms with Crippen LogP contribution in [-0.2, 0) is 4.74 Å². The number of hydrogen-bond acceptors (Lipinski definition) is 3. The molecule has 0 saturated heterocycles. The summed E-state index contributed by atoms with van der Waals surface area (Å²) in [5.41, 5.74) is 2.65. The number of nitrogens with two attached hydrogens (primary N) is 1. The number of nitrogens with zero attached hydrogens (tertiary/aromatic N) is 1. The smallest absolute Gasteiger partial charge is 0.137 e. The minimum Gasteiger partial charge on any atom is -0.374 e. The van der Waals surface area contributed by atoms with Crippen molar-refractivity contribution in [3.8, 4) is 0 Å². The first-order chi connectivity index (χ1) is 7.86. The molecule has 1 saturated carbocycles. The summed E-state index contributed by atoms with van der Waals surface area (Å²) in [4.78, 5) is 4.64. The summed E-state index contributed by atoms with van der Waals surface area (Å²) in [7, 11) is 0. The molecule has 0 atom stereocenters. The zero-order chi connectivity index (χ0) is 11.6. The molecule has 4 heteroatoms. The van der Waals surface area contributed by atoms with Gasteiger partial charge in [0, 0.05) is 6.61 Å². The quantitative estimate of drug-likeness (QED) is 0.189. The molecule has 94 valence electrons. The molecule has 0 heterocycles. The maximum Gasteiger partial charge on any atom is 0.137 e. The highest BCUT2D eigenvalue weighted by Gasteiger charge is 2.11. The van der Waals surface area contributed by atoms with Crippen LogP contribution in [0, 0.1) is 0 Å². The van der Waals surface area contributed by atoms with Crippen LogP contribution >= 0.6 is 0 Å². The lowest BCUT2D eigenvalue weighted by molar-refractivity contribution is 0.170. The second-order valence-corrected chi connectivity index (χ2v) is 4.42. The molecular formula is C12H25N3O. The van der Waals surface area contributed by atoms with Crippen LogP contribution in [0.1, 0.15) is 51.9 Å². The number of amidine groups is 1. The van der Waals surface area contributed by atoms with Crippen molar-refractivity contribution in [1.82, 2.24) is 5.43 Å². The van der Waals surface area contributed by atoms with E-state index in [-0.39, 0.29) is 0 Å². The Labute approximate surface area is 98.6 Å². The van der Waals surface area contributed by atoms with Gasteiger partial charge in [-0.3, -0.25) is 4.99 Å². The van der Waals surface area contributed by atoms with Crippen LogP contribution in [-0.4, -0.2) is 25.1 Å². The maximum atomic E-state index is 5.45. The SMILES string of the molecule is CCCOCC(=NC1CCCCCC1)NN. The number of rotatable bonds is 5. The highest BCUT2D eigenvalue weighted by molar-refractivity contribution is 5.82. The molecule has 3 N–H and O–H groups in total. The molecule has 0 radical (unpaired) electrons. The zero-order valence-electron chi connectivity index (χ0n) is 10.4. The average Bonchev–Trinajstić information content (AvgIpc) is 2.56. The monoisotopic (exact) mass is 227 g/mol. The molecule has 0 aromatic heterocycles. The first kappa shape index (κ1) is 13.5. The van der Waals surface area contributed by atoms with Crippen molar-refractivity contribution >= 4 is 5.84 Å². The molecule has 1 aliphatic carbocycles. The standard InChI is InChI=1S/C12H25N3O/c1-2-9-16-10-12(15-13)14-11-7-5-3-4-6-8-11/h11H,2-10,13H2,1H3,(H,14,15). The number of nitrogens with one attached hydrogen (secondary N) is 1. The van der Waals surface area contributed by atoms with Gasteiger partial charge in [0.1, 0.15) is 12.4 Å². The third-order valence-corrected chi connectivity index (χ3v) is 2.92. The van der Waals surface area contributed by atoms with E-state index < -0.39 is 0 Å². The highest BCUT2D eigenvalue weighted by atomic mass is 16.5. The lowest BCUT2D eigenvalue weighted by Gasteiger charge is -2.12. The van der Waals surface area contributed by atoms with E-state index in [9.17, 15) is 0 Å². The molecule has 0 aromatic rings. The Hall–Kier alpha value is -0.610. The number of hydrazine groups is 1. The fourth-order valence-corrected chi connectivity index (χ4v) is 2.04. The lowest BCUT2D eigenvalue weighted by Crippen LogP contribution is -2.35. The predicted octanol–water partition coefficient (Wildman–Crippen LogP) is 2.00. The van der Waals surface area contributed by atoms with Gasteiger partial charge in [-0.1, -0.05) is 32.6 Å². The Bertz CT molecular complexity index is 198. The minimum absolute atomic E-state index is 0.443. The highest BCUT2D eigenvalue weighted by Crippen LogP contribution is 2.19. The van der Waals surface area contributed by atoms with Crippen molar-refractivity contribution in [2.75, 3.05) is 13.2 Å². The summed E-state index contributed by atoms with van der Waals surface area (Å²) in [5.74, 6) is 6.24. The molecule has 0 unspecified atom stereocenters. The fraction of sp³-hybridized carbons (Fsp3) is 0.917. The van der Waals surface area contributed by atoms with E-state index in [4.69, 9.17) is 10.6 Å². The van der Waals surface area contributed by atoms with E-state index in [0.717, 1.165) is 18.9 Å². The Morgan fingerprint density at radius 1 is 1.31 bits per heavy atom. The van der Waals surface area contributed by atoms with Crippen LogP contribution < -0.4 is 11.3 Å². The molecule has 0 aliphatic heterocycles. The number of aliphatic imine (C=N–C) groups is 1. The van der Waals surface area contributed by atoms with Crippen LogP contribution in [0.25, 0.3) is 0 Å².